The maximum Gasteiger partial charge on any atom is 0.267 e. The number of phenolic OH excluding ortho intramolecular Hbond substituents is 1. The van der Waals surface area contributed by atoms with Crippen LogP contribution in [0.5, 0.6) is 5.75 Å². The van der Waals surface area contributed by atoms with Crippen LogP contribution in [0.25, 0.3) is 10.9 Å². The number of rotatable bonds is 4. The number of hydrogen-bond donors (Lipinski definition) is 4. The molecule has 25 heavy (non-hydrogen) atoms. The van der Waals surface area contributed by atoms with Gasteiger partial charge in [0.25, 0.3) is 5.91 Å². The van der Waals surface area contributed by atoms with Crippen molar-refractivity contribution >= 4 is 16.8 Å². The van der Waals surface area contributed by atoms with Crippen LogP contribution in [0.4, 0.5) is 4.39 Å². The average Bonchev–Trinajstić information content (AvgIpc) is 2.60. The Morgan fingerprint density at radius 2 is 1.96 bits per heavy atom. The van der Waals surface area contributed by atoms with Crippen LogP contribution in [-0.4, -0.2) is 27.6 Å². The number of aliphatic hydroxyl groups excluding tert-OH is 1. The minimum Gasteiger partial charge on any atom is -0.508 e. The lowest BCUT2D eigenvalue weighted by Gasteiger charge is -2.13. The number of amides is 1. The Bertz CT molecular complexity index is 1000. The van der Waals surface area contributed by atoms with E-state index in [-0.39, 0.29) is 28.9 Å². The van der Waals surface area contributed by atoms with Gasteiger partial charge in [0.15, 0.2) is 5.43 Å². The Balaban J connectivity index is 1.78. The molecule has 1 heterocycles. The summed E-state index contributed by atoms with van der Waals surface area (Å²) in [6.45, 7) is -0.139. The van der Waals surface area contributed by atoms with Gasteiger partial charge in [-0.1, -0.05) is 18.2 Å². The second kappa shape index (κ2) is 6.74. The zero-order chi connectivity index (χ0) is 18.0. The fourth-order valence-electron chi connectivity index (χ4n) is 2.49. The number of fused-ring (bicyclic) bond motifs is 1. The van der Waals surface area contributed by atoms with Crippen LogP contribution in [0.1, 0.15) is 22.2 Å². The van der Waals surface area contributed by atoms with E-state index in [1.54, 1.807) is 12.1 Å². The fourth-order valence-corrected chi connectivity index (χ4v) is 2.49. The lowest BCUT2D eigenvalue weighted by atomic mass is 10.1. The summed E-state index contributed by atoms with van der Waals surface area (Å²) in [5.41, 5.74) is -0.204. The molecule has 4 N–H and O–H groups in total. The number of carbonyl (C=O) groups excluding carboxylic acids is 1. The third-order valence-electron chi connectivity index (χ3n) is 3.77. The SMILES string of the molecule is O=C(NC[C@@H](O)c1cccc(O)c1)c1cc(=O)c2cccc(F)c2[nH]1. The van der Waals surface area contributed by atoms with Crippen molar-refractivity contribution in [1.29, 1.82) is 0 Å². The molecule has 0 bridgehead atoms. The number of hydrogen-bond acceptors (Lipinski definition) is 4. The predicted molar refractivity (Wildman–Crippen MR) is 89.9 cm³/mol. The normalized spacial score (nSPS) is 12.1. The van der Waals surface area contributed by atoms with Crippen LogP contribution in [0.2, 0.25) is 0 Å². The number of halogens is 1. The van der Waals surface area contributed by atoms with Crippen molar-refractivity contribution in [3.05, 3.63) is 75.8 Å². The highest BCUT2D eigenvalue weighted by Crippen LogP contribution is 2.17. The molecule has 0 aliphatic rings. The molecule has 6 nitrogen and oxygen atoms in total. The summed E-state index contributed by atoms with van der Waals surface area (Å²) in [4.78, 5) is 26.8. The molecule has 0 fully saturated rings. The first-order valence-electron chi connectivity index (χ1n) is 7.52. The number of benzene rings is 2. The first kappa shape index (κ1) is 16.7. The summed E-state index contributed by atoms with van der Waals surface area (Å²) in [5, 5.41) is 22.1. The van der Waals surface area contributed by atoms with Crippen LogP contribution in [0, 0.1) is 5.82 Å². The van der Waals surface area contributed by atoms with Gasteiger partial charge in [0.1, 0.15) is 17.3 Å². The maximum absolute atomic E-state index is 13.8. The van der Waals surface area contributed by atoms with E-state index >= 15 is 0 Å². The molecule has 1 atom stereocenters. The van der Waals surface area contributed by atoms with Crippen molar-refractivity contribution in [1.82, 2.24) is 10.3 Å². The van der Waals surface area contributed by atoms with Crippen LogP contribution in [0.3, 0.4) is 0 Å². The summed E-state index contributed by atoms with van der Waals surface area (Å²) in [6, 6.07) is 11.2. The molecular weight excluding hydrogens is 327 g/mol. The van der Waals surface area contributed by atoms with Gasteiger partial charge in [0.2, 0.25) is 0 Å². The molecule has 2 aromatic carbocycles. The standard InChI is InChI=1S/C18H15FN2O4/c19-13-6-2-5-12-15(23)8-14(21-17(12)13)18(25)20-9-16(24)10-3-1-4-11(22)7-10/h1-8,16,22,24H,9H2,(H,20,25)(H,21,23)/t16-/m1/s1. The zero-order valence-corrected chi connectivity index (χ0v) is 13.0. The molecule has 0 spiro atoms. The maximum atomic E-state index is 13.8. The first-order chi connectivity index (χ1) is 12.0. The Morgan fingerprint density at radius 1 is 1.20 bits per heavy atom. The smallest absolute Gasteiger partial charge is 0.267 e. The number of aromatic hydroxyl groups is 1. The molecular formula is C18H15FN2O4. The predicted octanol–water partition coefficient (Wildman–Crippen LogP) is 1.84. The number of aromatic amines is 1. The zero-order valence-electron chi connectivity index (χ0n) is 13.0. The van der Waals surface area contributed by atoms with Gasteiger partial charge in [0.05, 0.1) is 11.6 Å². The Kier molecular flexibility index (Phi) is 4.49. The van der Waals surface area contributed by atoms with Gasteiger partial charge in [-0.3, -0.25) is 9.59 Å². The summed E-state index contributed by atoms with van der Waals surface area (Å²) >= 11 is 0. The van der Waals surface area contributed by atoms with Gasteiger partial charge in [-0.2, -0.15) is 0 Å². The van der Waals surface area contributed by atoms with Crippen molar-refractivity contribution in [2.24, 2.45) is 0 Å². The molecule has 0 saturated heterocycles. The Hall–Kier alpha value is -3.19. The molecule has 0 aliphatic heterocycles. The Morgan fingerprint density at radius 3 is 2.72 bits per heavy atom. The highest BCUT2D eigenvalue weighted by atomic mass is 19.1. The number of aromatic nitrogens is 1. The van der Waals surface area contributed by atoms with Crippen LogP contribution < -0.4 is 10.7 Å². The third-order valence-corrected chi connectivity index (χ3v) is 3.77. The lowest BCUT2D eigenvalue weighted by molar-refractivity contribution is 0.0911. The third kappa shape index (κ3) is 3.51. The Labute approximate surface area is 141 Å². The van der Waals surface area contributed by atoms with E-state index in [9.17, 15) is 24.2 Å². The first-order valence-corrected chi connectivity index (χ1v) is 7.52. The topological polar surface area (TPSA) is 102 Å². The number of carbonyl (C=O) groups is 1. The molecule has 1 aromatic heterocycles. The van der Waals surface area contributed by atoms with Gasteiger partial charge in [0, 0.05) is 18.0 Å². The summed E-state index contributed by atoms with van der Waals surface area (Å²) < 4.78 is 13.8. The largest absolute Gasteiger partial charge is 0.508 e. The summed E-state index contributed by atoms with van der Waals surface area (Å²) in [6.07, 6.45) is -1.04. The van der Waals surface area contributed by atoms with E-state index in [0.717, 1.165) is 6.07 Å². The minimum atomic E-state index is -1.04. The number of aliphatic hydroxyl groups is 1. The molecule has 0 saturated carbocycles. The molecule has 1 amide bonds. The van der Waals surface area contributed by atoms with Crippen molar-refractivity contribution in [2.75, 3.05) is 6.54 Å². The molecule has 3 aromatic rings. The van der Waals surface area contributed by atoms with Gasteiger partial charge >= 0.3 is 0 Å². The second-order valence-corrected chi connectivity index (χ2v) is 5.53. The molecule has 7 heteroatoms. The van der Waals surface area contributed by atoms with Crippen molar-refractivity contribution in [2.45, 2.75) is 6.10 Å². The second-order valence-electron chi connectivity index (χ2n) is 5.53. The van der Waals surface area contributed by atoms with Crippen molar-refractivity contribution in [3.63, 3.8) is 0 Å². The van der Waals surface area contributed by atoms with Gasteiger partial charge in [-0.05, 0) is 29.8 Å². The number of para-hydroxylation sites is 1. The lowest BCUT2D eigenvalue weighted by Crippen LogP contribution is -2.30. The molecule has 0 aliphatic carbocycles. The number of pyridine rings is 1. The monoisotopic (exact) mass is 342 g/mol. The molecule has 0 unspecified atom stereocenters. The van der Waals surface area contributed by atoms with Crippen LogP contribution >= 0.6 is 0 Å². The number of H-pyrrole nitrogens is 1. The van der Waals surface area contributed by atoms with E-state index in [1.807, 2.05) is 0 Å². The summed E-state index contributed by atoms with van der Waals surface area (Å²) in [7, 11) is 0. The van der Waals surface area contributed by atoms with Gasteiger partial charge in [-0.25, -0.2) is 4.39 Å². The average molecular weight is 342 g/mol. The molecule has 128 valence electrons. The van der Waals surface area contributed by atoms with Crippen LogP contribution in [0.15, 0.2) is 53.3 Å². The van der Waals surface area contributed by atoms with E-state index < -0.39 is 23.3 Å². The minimum absolute atomic E-state index is 0.00258. The number of nitrogens with one attached hydrogen (secondary N) is 2. The summed E-state index contributed by atoms with van der Waals surface area (Å²) in [5.74, 6) is -1.29. The molecule has 0 radical (unpaired) electrons. The number of phenols is 1. The highest BCUT2D eigenvalue weighted by molar-refractivity contribution is 5.94. The fraction of sp³-hybridized carbons (Fsp3) is 0.111. The van der Waals surface area contributed by atoms with E-state index in [0.29, 0.717) is 5.56 Å². The van der Waals surface area contributed by atoms with Gasteiger partial charge < -0.3 is 20.5 Å². The van der Waals surface area contributed by atoms with E-state index in [2.05, 4.69) is 10.3 Å². The van der Waals surface area contributed by atoms with Crippen molar-refractivity contribution in [3.8, 4) is 5.75 Å². The molecule has 3 rings (SSSR count). The van der Waals surface area contributed by atoms with E-state index in [4.69, 9.17) is 0 Å². The van der Waals surface area contributed by atoms with Gasteiger partial charge in [-0.15, -0.1) is 0 Å². The quantitative estimate of drug-likeness (QED) is 0.581. The van der Waals surface area contributed by atoms with Crippen LogP contribution in [-0.2, 0) is 0 Å². The van der Waals surface area contributed by atoms with Crippen molar-refractivity contribution < 1.29 is 19.4 Å². The highest BCUT2D eigenvalue weighted by Gasteiger charge is 2.14. The van der Waals surface area contributed by atoms with E-state index in [1.165, 1.54) is 30.3 Å².